The van der Waals surface area contributed by atoms with E-state index >= 15 is 0 Å². The molecule has 2 atom stereocenters. The van der Waals surface area contributed by atoms with E-state index in [1.54, 1.807) is 0 Å². The van der Waals surface area contributed by atoms with Crippen molar-refractivity contribution in [2.45, 2.75) is 0 Å². The van der Waals surface area contributed by atoms with Gasteiger partial charge in [0.1, 0.15) is 0 Å². The van der Waals surface area contributed by atoms with Crippen LogP contribution in [-0.2, 0) is 20.4 Å². The van der Waals surface area contributed by atoms with Gasteiger partial charge in [-0.3, -0.25) is 61.4 Å². The first-order chi connectivity index (χ1) is 27.8. The van der Waals surface area contributed by atoms with Crippen molar-refractivity contribution in [3.8, 4) is 0 Å². The van der Waals surface area contributed by atoms with Crippen LogP contribution in [0.5, 0.6) is 0 Å². The standard InChI is InChI=1S/2C26H22P2.Pd/c2*1-5-13-23(14-6-1)27(24-15-7-2-8-16-24)21-22-28(25-17-9-3-10-18-25)26-19-11-4-12-20-26;/h2*1-22H;/q2*-2;/b2*22-21-;. The van der Waals surface area contributed by atoms with Gasteiger partial charge in [0.15, 0.2) is 0 Å². The normalized spacial score (nSPS) is 14.1. The van der Waals surface area contributed by atoms with E-state index in [9.17, 15) is 0 Å². The summed E-state index contributed by atoms with van der Waals surface area (Å²) in [5.74, 6) is 9.80. The van der Waals surface area contributed by atoms with Crippen LogP contribution in [0.2, 0.25) is 0 Å². The van der Waals surface area contributed by atoms with Crippen molar-refractivity contribution >= 4 is 63.5 Å². The zero-order valence-electron chi connectivity index (χ0n) is 31.5. The van der Waals surface area contributed by atoms with Crippen LogP contribution in [0.25, 0.3) is 0 Å². The molecule has 8 rings (SSSR count). The Hall–Kier alpha value is -4.38. The Morgan fingerprint density at radius 3 is 0.772 bits per heavy atom. The van der Waals surface area contributed by atoms with Crippen molar-refractivity contribution in [1.82, 2.24) is 0 Å². The Morgan fingerprint density at radius 1 is 0.298 bits per heavy atom. The summed E-state index contributed by atoms with van der Waals surface area (Å²) in [4.78, 5) is 0. The van der Waals surface area contributed by atoms with Gasteiger partial charge in [-0.15, -0.1) is 15.8 Å². The van der Waals surface area contributed by atoms with E-state index in [-0.39, 0.29) is 20.4 Å². The van der Waals surface area contributed by atoms with Gasteiger partial charge in [-0.05, 0) is 47.7 Å². The van der Waals surface area contributed by atoms with Gasteiger partial charge in [0, 0.05) is 20.4 Å². The second kappa shape index (κ2) is 23.1. The average Bonchev–Trinajstić information content (AvgIpc) is 3.29. The van der Waals surface area contributed by atoms with Gasteiger partial charge in [-0.25, -0.2) is 11.3 Å². The Morgan fingerprint density at radius 2 is 0.526 bits per heavy atom. The summed E-state index contributed by atoms with van der Waals surface area (Å²) in [7, 11) is -2.11. The van der Waals surface area contributed by atoms with Gasteiger partial charge in [-0.2, -0.15) is 0 Å². The van der Waals surface area contributed by atoms with E-state index in [1.807, 2.05) is 0 Å². The van der Waals surface area contributed by atoms with Crippen LogP contribution in [0.1, 0.15) is 0 Å². The molecule has 0 nitrogen and oxygen atoms in total. The van der Waals surface area contributed by atoms with E-state index in [2.05, 4.69) is 267 Å². The molecule has 0 spiro atoms. The monoisotopic (exact) mass is 898 g/mol. The van der Waals surface area contributed by atoms with Crippen molar-refractivity contribution in [3.05, 3.63) is 278 Å². The van der Waals surface area contributed by atoms with Crippen molar-refractivity contribution in [1.29, 1.82) is 0 Å². The molecule has 5 heteroatoms. The fourth-order valence-corrected chi connectivity index (χ4v) is 14.9. The van der Waals surface area contributed by atoms with Gasteiger partial charge in [0.25, 0.3) is 0 Å². The first-order valence-corrected chi connectivity index (χ1v) is 24.4. The van der Waals surface area contributed by atoms with Crippen molar-refractivity contribution in [3.63, 3.8) is 0 Å². The number of benzene rings is 6. The molecule has 0 aromatic heterocycles. The molecule has 0 amide bonds. The minimum absolute atomic E-state index is 0. The molecule has 2 aliphatic carbocycles. The summed E-state index contributed by atoms with van der Waals surface area (Å²) < 4.78 is 0. The van der Waals surface area contributed by atoms with Crippen molar-refractivity contribution in [2.75, 3.05) is 0 Å². The van der Waals surface area contributed by atoms with Gasteiger partial charge in [-0.1, -0.05) is 205 Å². The van der Waals surface area contributed by atoms with Crippen LogP contribution in [0.15, 0.2) is 254 Å². The van der Waals surface area contributed by atoms with Crippen LogP contribution in [0.3, 0.4) is 0 Å². The smallest absolute Gasteiger partial charge is 0 e. The maximum atomic E-state index is 2.45. The minimum atomic E-state index is -0.528. The van der Waals surface area contributed by atoms with Crippen LogP contribution < -0.4 is 31.8 Å². The predicted octanol–water partition coefficient (Wildman–Crippen LogP) is 12.5. The Balaban J connectivity index is 0.000000189. The first-order valence-electron chi connectivity index (χ1n) is 18.8. The number of hydrogen-bond donors (Lipinski definition) is 0. The summed E-state index contributed by atoms with van der Waals surface area (Å²) in [5.41, 5.74) is 2.77. The van der Waals surface area contributed by atoms with Gasteiger partial charge in [0.05, 0.1) is 0 Å². The molecule has 57 heavy (non-hydrogen) atoms. The zero-order valence-corrected chi connectivity index (χ0v) is 36.6. The quantitative estimate of drug-likeness (QED) is 0.0652. The molecule has 0 N–H and O–H groups in total. The van der Waals surface area contributed by atoms with Gasteiger partial charge in [0.2, 0.25) is 0 Å². The van der Waals surface area contributed by atoms with Crippen LogP contribution in [0, 0.1) is 24.2 Å². The van der Waals surface area contributed by atoms with Crippen molar-refractivity contribution < 1.29 is 20.4 Å². The van der Waals surface area contributed by atoms with Crippen LogP contribution in [0.4, 0.5) is 0 Å². The third-order valence-corrected chi connectivity index (χ3v) is 18.1. The zero-order chi connectivity index (χ0) is 38.0. The summed E-state index contributed by atoms with van der Waals surface area (Å²) in [5, 5.41) is 8.31. The predicted molar refractivity (Wildman–Crippen MR) is 254 cm³/mol. The Kier molecular flexibility index (Phi) is 17.1. The maximum Gasteiger partial charge on any atom is 0 e. The molecule has 0 saturated carbocycles. The first kappa shape index (κ1) is 42.2. The summed E-state index contributed by atoms with van der Waals surface area (Å²) in [6.07, 6.45) is 21.7. The van der Waals surface area contributed by atoms with Crippen molar-refractivity contribution in [2.24, 2.45) is 0 Å². The topological polar surface area (TPSA) is 0 Å². The largest absolute Gasteiger partial charge is 0.281 e. The Labute approximate surface area is 359 Å². The Bertz CT molecular complexity index is 1950. The van der Waals surface area contributed by atoms with E-state index in [1.165, 1.54) is 43.1 Å². The second-order valence-corrected chi connectivity index (χ2v) is 21.0. The van der Waals surface area contributed by atoms with E-state index < -0.39 is 31.7 Å². The summed E-state index contributed by atoms with van der Waals surface area (Å²) in [6.45, 7) is 0. The fourth-order valence-electron chi connectivity index (χ4n) is 6.26. The molecule has 6 aromatic carbocycles. The van der Waals surface area contributed by atoms with Crippen LogP contribution in [-0.4, -0.2) is 0 Å². The van der Waals surface area contributed by atoms with Gasteiger partial charge >= 0.3 is 0 Å². The molecule has 2 aliphatic rings. The molecular weight excluding hydrogens is 855 g/mol. The summed E-state index contributed by atoms with van der Waals surface area (Å²) in [6, 6.07) is 65.1. The van der Waals surface area contributed by atoms with Crippen LogP contribution >= 0.6 is 31.7 Å². The number of hydrogen-bond acceptors (Lipinski definition) is 0. The fraction of sp³-hybridized carbons (Fsp3) is 0. The third kappa shape index (κ3) is 12.3. The molecular formula is C52H44P4Pd-4. The number of allylic oxidation sites excluding steroid dienone is 8. The maximum absolute atomic E-state index is 2.45. The summed E-state index contributed by atoms with van der Waals surface area (Å²) >= 11 is 0. The molecule has 6 aromatic rings. The second-order valence-electron chi connectivity index (χ2n) is 12.8. The number of rotatable bonds is 12. The minimum Gasteiger partial charge on any atom is -0.281 e. The SMILES string of the molecule is C1=C[C-](P(/C=C\P(c2ccccc2)c2ccccc2)c2ccccc2)C=C[CH-]1.C1=C[C-](P(/C=C\P(c2ccccc2)c2ccccc2)c2ccccc2)C=C[CH-]1.[Pd]. The third-order valence-electron chi connectivity index (χ3n) is 9.00. The van der Waals surface area contributed by atoms with E-state index in [0.717, 1.165) is 0 Å². The molecule has 0 fully saturated rings. The average molecular weight is 899 g/mol. The molecule has 0 radical (unpaired) electrons. The van der Waals surface area contributed by atoms with E-state index in [4.69, 9.17) is 0 Å². The molecule has 0 aliphatic heterocycles. The molecule has 0 saturated heterocycles. The molecule has 286 valence electrons. The molecule has 0 bridgehead atoms. The molecule has 2 unspecified atom stereocenters. The molecule has 0 heterocycles. The van der Waals surface area contributed by atoms with E-state index in [0.29, 0.717) is 0 Å². The van der Waals surface area contributed by atoms with Gasteiger partial charge < -0.3 is 0 Å².